The maximum atomic E-state index is 12.5. The molecular formula is C30H24BBrF6O8. The van der Waals surface area contributed by atoms with Crippen LogP contribution in [-0.2, 0) is 12.4 Å². The minimum absolute atomic E-state index is 0.0352. The Hall–Kier alpha value is -4.54. The number of hydrogen-bond donors (Lipinski definition) is 4. The molecule has 0 radical (unpaired) electrons. The van der Waals surface area contributed by atoms with E-state index in [2.05, 4.69) is 15.9 Å². The van der Waals surface area contributed by atoms with Crippen LogP contribution in [0.3, 0.4) is 0 Å². The highest BCUT2D eigenvalue weighted by molar-refractivity contribution is 9.10. The molecule has 0 atom stereocenters. The summed E-state index contributed by atoms with van der Waals surface area (Å²) in [5.41, 5.74) is -0.220. The SMILES string of the molecule is COc1cc(C(=O)O)ccc1-c1ccc(C(F)(F)F)cc1.COc1cc(C(=O)O)ccc1Br.OB(O)c1ccc(C(F)(F)F)cc1. The van der Waals surface area contributed by atoms with Crippen molar-refractivity contribution in [3.05, 3.63) is 112 Å². The van der Waals surface area contributed by atoms with Gasteiger partial charge in [0.05, 0.1) is 40.9 Å². The Labute approximate surface area is 266 Å². The van der Waals surface area contributed by atoms with Crippen LogP contribution in [0.1, 0.15) is 31.8 Å². The van der Waals surface area contributed by atoms with E-state index in [1.165, 1.54) is 56.7 Å². The molecule has 0 saturated carbocycles. The van der Waals surface area contributed by atoms with Crippen molar-refractivity contribution < 1.29 is 65.7 Å². The molecule has 4 aromatic rings. The van der Waals surface area contributed by atoms with E-state index in [4.69, 9.17) is 29.7 Å². The molecule has 244 valence electrons. The Kier molecular flexibility index (Phi) is 13.2. The Morgan fingerprint density at radius 1 is 0.652 bits per heavy atom. The minimum atomic E-state index is -4.39. The van der Waals surface area contributed by atoms with Crippen molar-refractivity contribution >= 4 is 40.4 Å². The van der Waals surface area contributed by atoms with Gasteiger partial charge in [0, 0.05) is 5.56 Å². The summed E-state index contributed by atoms with van der Waals surface area (Å²) in [5.74, 6) is -1.25. The summed E-state index contributed by atoms with van der Waals surface area (Å²) < 4.78 is 84.3. The number of carboxylic acids is 2. The molecule has 0 heterocycles. The Balaban J connectivity index is 0.000000255. The zero-order chi connectivity index (χ0) is 34.8. The van der Waals surface area contributed by atoms with Crippen molar-refractivity contribution in [2.45, 2.75) is 12.4 Å². The first-order valence-corrected chi connectivity index (χ1v) is 13.4. The molecule has 4 N–H and O–H groups in total. The molecule has 0 aromatic heterocycles. The molecule has 0 amide bonds. The van der Waals surface area contributed by atoms with Gasteiger partial charge in [-0.2, -0.15) is 26.3 Å². The molecule has 46 heavy (non-hydrogen) atoms. The summed E-state index contributed by atoms with van der Waals surface area (Å²) in [6.45, 7) is 0. The number of methoxy groups -OCH3 is 2. The predicted molar refractivity (Wildman–Crippen MR) is 159 cm³/mol. The summed E-state index contributed by atoms with van der Waals surface area (Å²) in [6.07, 6.45) is -8.78. The molecule has 0 bridgehead atoms. The minimum Gasteiger partial charge on any atom is -0.496 e. The van der Waals surface area contributed by atoms with E-state index in [1.807, 2.05) is 0 Å². The van der Waals surface area contributed by atoms with Crippen LogP contribution in [0, 0.1) is 0 Å². The van der Waals surface area contributed by atoms with Gasteiger partial charge in [0.1, 0.15) is 11.5 Å². The number of carboxylic acid groups (broad SMARTS) is 2. The standard InChI is InChI=1S/C15H11F3O3.C8H7BrO3.C7H6BF3O2/c1-21-13-8-10(14(19)20)4-7-12(13)9-2-5-11(6-3-9)15(16,17)18;1-12-7-4-5(8(10)11)2-3-6(7)9;9-7(10,11)5-1-3-6(4-2-5)8(12)13/h2-8H,1H3,(H,19,20);2-4H,1H3,(H,10,11);1-4,12-13H. The second-order valence-corrected chi connectivity index (χ2v) is 9.80. The lowest BCUT2D eigenvalue weighted by Gasteiger charge is -2.11. The first kappa shape index (κ1) is 37.7. The zero-order valence-corrected chi connectivity index (χ0v) is 25.3. The van der Waals surface area contributed by atoms with Gasteiger partial charge in [0.15, 0.2) is 0 Å². The van der Waals surface area contributed by atoms with Gasteiger partial charge in [0.25, 0.3) is 0 Å². The Morgan fingerprint density at radius 3 is 1.46 bits per heavy atom. The molecule has 0 aliphatic carbocycles. The van der Waals surface area contributed by atoms with Crippen LogP contribution in [0.4, 0.5) is 26.3 Å². The lowest BCUT2D eigenvalue weighted by atomic mass is 9.80. The topological polar surface area (TPSA) is 134 Å². The monoisotopic (exact) mass is 716 g/mol. The van der Waals surface area contributed by atoms with Crippen LogP contribution in [0.5, 0.6) is 11.5 Å². The highest BCUT2D eigenvalue weighted by atomic mass is 79.9. The third-order valence-electron chi connectivity index (χ3n) is 5.91. The number of carbonyl (C=O) groups is 2. The molecule has 0 spiro atoms. The van der Waals surface area contributed by atoms with Gasteiger partial charge in [-0.1, -0.05) is 36.4 Å². The number of aromatic carboxylic acids is 2. The van der Waals surface area contributed by atoms with Crippen molar-refractivity contribution in [1.82, 2.24) is 0 Å². The maximum Gasteiger partial charge on any atom is 0.488 e. The van der Waals surface area contributed by atoms with Gasteiger partial charge in [-0.05, 0) is 75.5 Å². The van der Waals surface area contributed by atoms with Crippen LogP contribution in [0.2, 0.25) is 0 Å². The molecule has 4 aromatic carbocycles. The van der Waals surface area contributed by atoms with Crippen LogP contribution >= 0.6 is 15.9 Å². The number of hydrogen-bond acceptors (Lipinski definition) is 6. The lowest BCUT2D eigenvalue weighted by molar-refractivity contribution is -0.138. The lowest BCUT2D eigenvalue weighted by Crippen LogP contribution is -2.29. The zero-order valence-electron chi connectivity index (χ0n) is 23.7. The number of rotatable bonds is 6. The van der Waals surface area contributed by atoms with E-state index in [-0.39, 0.29) is 22.3 Å². The van der Waals surface area contributed by atoms with Crippen molar-refractivity contribution in [1.29, 1.82) is 0 Å². The molecule has 0 aliphatic heterocycles. The van der Waals surface area contributed by atoms with Crippen molar-refractivity contribution in [3.63, 3.8) is 0 Å². The fourth-order valence-corrected chi connectivity index (χ4v) is 3.95. The van der Waals surface area contributed by atoms with E-state index in [9.17, 15) is 35.9 Å². The second-order valence-electron chi connectivity index (χ2n) is 8.94. The van der Waals surface area contributed by atoms with Gasteiger partial charge in [-0.25, -0.2) is 9.59 Å². The van der Waals surface area contributed by atoms with Crippen molar-refractivity contribution in [2.24, 2.45) is 0 Å². The molecule has 0 fully saturated rings. The quantitative estimate of drug-likeness (QED) is 0.129. The van der Waals surface area contributed by atoms with Crippen LogP contribution < -0.4 is 14.9 Å². The summed E-state index contributed by atoms with van der Waals surface area (Å²) in [5, 5.41) is 34.7. The summed E-state index contributed by atoms with van der Waals surface area (Å²) in [6, 6.07) is 17.0. The highest BCUT2D eigenvalue weighted by Gasteiger charge is 2.31. The summed E-state index contributed by atoms with van der Waals surface area (Å²) >= 11 is 3.22. The summed E-state index contributed by atoms with van der Waals surface area (Å²) in [4.78, 5) is 21.4. The highest BCUT2D eigenvalue weighted by Crippen LogP contribution is 2.34. The van der Waals surface area contributed by atoms with Gasteiger partial charge in [-0.3, -0.25) is 0 Å². The first-order chi connectivity index (χ1) is 21.4. The Bertz CT molecular complexity index is 1630. The first-order valence-electron chi connectivity index (χ1n) is 12.6. The largest absolute Gasteiger partial charge is 0.496 e. The van der Waals surface area contributed by atoms with Crippen LogP contribution in [0.25, 0.3) is 11.1 Å². The van der Waals surface area contributed by atoms with Crippen LogP contribution in [-0.4, -0.2) is 53.5 Å². The average molecular weight is 717 g/mol. The fourth-order valence-electron chi connectivity index (χ4n) is 3.54. The fraction of sp³-hybridized carbons (Fsp3) is 0.133. The van der Waals surface area contributed by atoms with Gasteiger partial charge in [0.2, 0.25) is 0 Å². The average Bonchev–Trinajstić information content (AvgIpc) is 3.00. The van der Waals surface area contributed by atoms with E-state index in [1.54, 1.807) is 6.07 Å². The molecule has 0 unspecified atom stereocenters. The van der Waals surface area contributed by atoms with Crippen LogP contribution in [0.15, 0.2) is 89.4 Å². The number of benzene rings is 4. The molecule has 8 nitrogen and oxygen atoms in total. The molecule has 16 heteroatoms. The van der Waals surface area contributed by atoms with Gasteiger partial charge in [-0.15, -0.1) is 0 Å². The Morgan fingerprint density at radius 2 is 1.07 bits per heavy atom. The third kappa shape index (κ3) is 10.8. The van der Waals surface area contributed by atoms with Crippen molar-refractivity contribution in [3.8, 4) is 22.6 Å². The molecule has 4 rings (SSSR count). The van der Waals surface area contributed by atoms with E-state index >= 15 is 0 Å². The molecule has 0 saturated heterocycles. The van der Waals surface area contributed by atoms with Gasteiger partial charge < -0.3 is 29.7 Å². The van der Waals surface area contributed by atoms with E-state index < -0.39 is 42.5 Å². The predicted octanol–water partition coefficient (Wildman–Crippen LogP) is 6.62. The normalized spacial score (nSPS) is 10.8. The van der Waals surface area contributed by atoms with E-state index in [0.717, 1.165) is 40.9 Å². The molecule has 0 aliphatic rings. The number of halogens is 7. The molecular weight excluding hydrogens is 693 g/mol. The van der Waals surface area contributed by atoms with Gasteiger partial charge >= 0.3 is 31.4 Å². The smallest absolute Gasteiger partial charge is 0.488 e. The summed E-state index contributed by atoms with van der Waals surface area (Å²) in [7, 11) is 1.13. The number of ether oxygens (including phenoxy) is 2. The van der Waals surface area contributed by atoms with Crippen molar-refractivity contribution in [2.75, 3.05) is 14.2 Å². The maximum absolute atomic E-state index is 12.5. The third-order valence-corrected chi connectivity index (χ3v) is 6.56. The van der Waals surface area contributed by atoms with E-state index in [0.29, 0.717) is 16.9 Å². The second kappa shape index (κ2) is 16.2. The number of alkyl halides is 6.